The highest BCUT2D eigenvalue weighted by atomic mass is 16.5. The van der Waals surface area contributed by atoms with Crippen molar-refractivity contribution >= 4 is 5.91 Å². The van der Waals surface area contributed by atoms with Gasteiger partial charge in [-0.05, 0) is 37.5 Å². The van der Waals surface area contributed by atoms with Gasteiger partial charge in [0, 0.05) is 32.3 Å². The zero-order valence-corrected chi connectivity index (χ0v) is 15.0. The van der Waals surface area contributed by atoms with Gasteiger partial charge in [0.15, 0.2) is 11.6 Å². The maximum absolute atomic E-state index is 13.0. The van der Waals surface area contributed by atoms with Crippen LogP contribution in [0.15, 0.2) is 12.4 Å². The fourth-order valence-corrected chi connectivity index (χ4v) is 4.12. The Morgan fingerprint density at radius 3 is 2.88 bits per heavy atom. The van der Waals surface area contributed by atoms with E-state index in [1.807, 2.05) is 15.8 Å². The third-order valence-corrected chi connectivity index (χ3v) is 5.81. The lowest BCUT2D eigenvalue weighted by molar-refractivity contribution is 0.0784. The van der Waals surface area contributed by atoms with Crippen molar-refractivity contribution in [2.45, 2.75) is 44.2 Å². The van der Waals surface area contributed by atoms with E-state index in [9.17, 15) is 4.79 Å². The second-order valence-electron chi connectivity index (χ2n) is 7.83. The summed E-state index contributed by atoms with van der Waals surface area (Å²) in [5.41, 5.74) is 0.696. The van der Waals surface area contributed by atoms with Crippen LogP contribution >= 0.6 is 0 Å². The van der Waals surface area contributed by atoms with Gasteiger partial charge in [-0.2, -0.15) is 10.2 Å². The summed E-state index contributed by atoms with van der Waals surface area (Å²) >= 11 is 0. The van der Waals surface area contributed by atoms with Gasteiger partial charge in [0.2, 0.25) is 0 Å². The molecule has 8 nitrogen and oxygen atoms in total. The Bertz CT molecular complexity index is 806. The molecule has 2 saturated carbocycles. The standard InChI is InChI=1S/C18H24N6O2/c1-26-10-16-20-17(22-21-16)15-9-23(8-14(15)11-2-3-11)18(25)12-6-19-24(7-12)13-4-5-13/h6-7,11,13-15H,2-5,8-10H2,1H3,(H,20,21,22)/t14-,15+/m1/s1. The second kappa shape index (κ2) is 6.19. The summed E-state index contributed by atoms with van der Waals surface area (Å²) in [5, 5.41) is 11.7. The number of methoxy groups -OCH3 is 1. The number of aromatic amines is 1. The Balaban J connectivity index is 1.34. The molecule has 2 aromatic heterocycles. The van der Waals surface area contributed by atoms with Gasteiger partial charge >= 0.3 is 0 Å². The lowest BCUT2D eigenvalue weighted by Crippen LogP contribution is -2.28. The Labute approximate surface area is 151 Å². The van der Waals surface area contributed by atoms with Crippen molar-refractivity contribution in [3.63, 3.8) is 0 Å². The summed E-state index contributed by atoms with van der Waals surface area (Å²) in [4.78, 5) is 19.5. The molecule has 138 valence electrons. The molecular formula is C18H24N6O2. The first-order chi connectivity index (χ1) is 12.7. The Morgan fingerprint density at radius 2 is 2.15 bits per heavy atom. The molecule has 2 aromatic rings. The van der Waals surface area contributed by atoms with Crippen LogP contribution in [0.1, 0.15) is 59.6 Å². The highest BCUT2D eigenvalue weighted by molar-refractivity contribution is 5.94. The summed E-state index contributed by atoms with van der Waals surface area (Å²) in [6, 6.07) is 0.495. The van der Waals surface area contributed by atoms with Crippen molar-refractivity contribution in [2.75, 3.05) is 20.2 Å². The normalized spacial score (nSPS) is 25.8. The summed E-state index contributed by atoms with van der Waals surface area (Å²) in [5.74, 6) is 2.98. The maximum Gasteiger partial charge on any atom is 0.257 e. The molecule has 0 spiro atoms. The molecule has 1 saturated heterocycles. The first-order valence-corrected chi connectivity index (χ1v) is 9.46. The number of H-pyrrole nitrogens is 1. The number of carbonyl (C=O) groups excluding carboxylic acids is 1. The maximum atomic E-state index is 13.0. The Hall–Kier alpha value is -2.22. The zero-order chi connectivity index (χ0) is 17.7. The van der Waals surface area contributed by atoms with Crippen LogP contribution in [0.2, 0.25) is 0 Å². The van der Waals surface area contributed by atoms with Crippen LogP contribution in [0.25, 0.3) is 0 Å². The molecule has 3 aliphatic rings. The molecule has 0 unspecified atom stereocenters. The fourth-order valence-electron chi connectivity index (χ4n) is 4.12. The van der Waals surface area contributed by atoms with E-state index in [2.05, 4.69) is 20.3 Å². The number of nitrogens with zero attached hydrogens (tertiary/aromatic N) is 5. The average Bonchev–Trinajstić information content (AvgIpc) is 3.53. The lowest BCUT2D eigenvalue weighted by atomic mass is 9.91. The Morgan fingerprint density at radius 1 is 1.31 bits per heavy atom. The molecule has 0 aromatic carbocycles. The average molecular weight is 356 g/mol. The van der Waals surface area contributed by atoms with Crippen molar-refractivity contribution in [3.05, 3.63) is 29.6 Å². The molecule has 26 heavy (non-hydrogen) atoms. The highest BCUT2D eigenvalue weighted by Gasteiger charge is 2.46. The van der Waals surface area contributed by atoms with Gasteiger partial charge in [0.1, 0.15) is 6.61 Å². The van der Waals surface area contributed by atoms with Crippen LogP contribution in [0.4, 0.5) is 0 Å². The summed E-state index contributed by atoms with van der Waals surface area (Å²) in [6.07, 6.45) is 8.45. The molecule has 5 rings (SSSR count). The largest absolute Gasteiger partial charge is 0.377 e. The first kappa shape index (κ1) is 16.0. The van der Waals surface area contributed by atoms with Crippen molar-refractivity contribution in [1.82, 2.24) is 29.9 Å². The highest BCUT2D eigenvalue weighted by Crippen LogP contribution is 2.47. The van der Waals surface area contributed by atoms with E-state index in [0.29, 0.717) is 36.6 Å². The molecule has 3 fully saturated rings. The topological polar surface area (TPSA) is 88.9 Å². The van der Waals surface area contributed by atoms with Crippen LogP contribution in [0.3, 0.4) is 0 Å². The third kappa shape index (κ3) is 2.92. The van der Waals surface area contributed by atoms with Crippen LogP contribution < -0.4 is 0 Å². The minimum atomic E-state index is 0.0812. The second-order valence-corrected chi connectivity index (χ2v) is 7.83. The van der Waals surface area contributed by atoms with E-state index < -0.39 is 0 Å². The molecule has 1 N–H and O–H groups in total. The monoisotopic (exact) mass is 356 g/mol. The number of ether oxygens (including phenoxy) is 1. The minimum Gasteiger partial charge on any atom is -0.377 e. The fraction of sp³-hybridized carbons (Fsp3) is 0.667. The number of rotatable bonds is 6. The number of aromatic nitrogens is 5. The molecule has 2 atom stereocenters. The lowest BCUT2D eigenvalue weighted by Gasteiger charge is -2.15. The van der Waals surface area contributed by atoms with Gasteiger partial charge in [-0.3, -0.25) is 14.6 Å². The van der Waals surface area contributed by atoms with Crippen LogP contribution in [-0.2, 0) is 11.3 Å². The van der Waals surface area contributed by atoms with E-state index in [4.69, 9.17) is 4.74 Å². The van der Waals surface area contributed by atoms with Gasteiger partial charge in [0.05, 0.1) is 17.8 Å². The van der Waals surface area contributed by atoms with Crippen molar-refractivity contribution in [1.29, 1.82) is 0 Å². The summed E-state index contributed by atoms with van der Waals surface area (Å²) in [7, 11) is 1.65. The van der Waals surface area contributed by atoms with Gasteiger partial charge in [-0.25, -0.2) is 4.98 Å². The molecule has 0 radical (unpaired) electrons. The molecule has 1 amide bonds. The number of likely N-dealkylation sites (tertiary alicyclic amines) is 1. The van der Waals surface area contributed by atoms with Gasteiger partial charge < -0.3 is 9.64 Å². The number of carbonyl (C=O) groups is 1. The first-order valence-electron chi connectivity index (χ1n) is 9.46. The van der Waals surface area contributed by atoms with E-state index >= 15 is 0 Å². The van der Waals surface area contributed by atoms with Crippen LogP contribution in [0.5, 0.6) is 0 Å². The van der Waals surface area contributed by atoms with Crippen LogP contribution in [-0.4, -0.2) is 56.0 Å². The quantitative estimate of drug-likeness (QED) is 0.852. The molecular weight excluding hydrogens is 332 g/mol. The van der Waals surface area contributed by atoms with Gasteiger partial charge in [-0.1, -0.05) is 0 Å². The summed E-state index contributed by atoms with van der Waals surface area (Å²) in [6.45, 7) is 1.90. The molecule has 8 heteroatoms. The van der Waals surface area contributed by atoms with E-state index in [1.54, 1.807) is 13.3 Å². The van der Waals surface area contributed by atoms with E-state index in [0.717, 1.165) is 18.2 Å². The molecule has 1 aliphatic heterocycles. The van der Waals surface area contributed by atoms with Crippen LogP contribution in [0, 0.1) is 11.8 Å². The predicted molar refractivity (Wildman–Crippen MR) is 92.5 cm³/mol. The van der Waals surface area contributed by atoms with Crippen molar-refractivity contribution in [3.8, 4) is 0 Å². The van der Waals surface area contributed by atoms with E-state index in [-0.39, 0.29) is 11.8 Å². The third-order valence-electron chi connectivity index (χ3n) is 5.81. The molecule has 3 heterocycles. The van der Waals surface area contributed by atoms with Crippen molar-refractivity contribution < 1.29 is 9.53 Å². The number of hydrogen-bond donors (Lipinski definition) is 1. The van der Waals surface area contributed by atoms with E-state index in [1.165, 1.54) is 25.7 Å². The number of nitrogens with one attached hydrogen (secondary N) is 1. The molecule has 2 aliphatic carbocycles. The van der Waals surface area contributed by atoms with Gasteiger partial charge in [-0.15, -0.1) is 0 Å². The number of amides is 1. The zero-order valence-electron chi connectivity index (χ0n) is 15.0. The smallest absolute Gasteiger partial charge is 0.257 e. The van der Waals surface area contributed by atoms with Gasteiger partial charge in [0.25, 0.3) is 5.91 Å². The predicted octanol–water partition coefficient (Wildman–Crippen LogP) is 1.75. The molecule has 0 bridgehead atoms. The Kier molecular flexibility index (Phi) is 3.81. The minimum absolute atomic E-state index is 0.0812. The van der Waals surface area contributed by atoms with Crippen molar-refractivity contribution in [2.24, 2.45) is 11.8 Å². The number of hydrogen-bond acceptors (Lipinski definition) is 5. The summed E-state index contributed by atoms with van der Waals surface area (Å²) < 4.78 is 7.06. The SMILES string of the molecule is COCc1nc([C@H]2CN(C(=O)c3cnn(C4CC4)c3)C[C@@H]2C2CC2)n[nH]1.